The van der Waals surface area contributed by atoms with E-state index in [1.54, 1.807) is 0 Å². The Morgan fingerprint density at radius 3 is 2.75 bits per heavy atom. The van der Waals surface area contributed by atoms with Crippen molar-refractivity contribution >= 4 is 11.8 Å². The molecule has 136 valence electrons. The van der Waals surface area contributed by atoms with E-state index >= 15 is 0 Å². The number of carbonyl (C=O) groups excluding carboxylic acids is 2. The van der Waals surface area contributed by atoms with Crippen molar-refractivity contribution in [1.29, 1.82) is 0 Å². The van der Waals surface area contributed by atoms with Gasteiger partial charge in [-0.05, 0) is 45.2 Å². The highest BCUT2D eigenvalue weighted by atomic mass is 16.5. The minimum Gasteiger partial charge on any atom is -0.381 e. The van der Waals surface area contributed by atoms with Gasteiger partial charge in [0, 0.05) is 52.4 Å². The highest BCUT2D eigenvalue weighted by Crippen LogP contribution is 2.39. The first-order chi connectivity index (χ1) is 11.5. The van der Waals surface area contributed by atoms with Crippen LogP contribution < -0.4 is 0 Å². The van der Waals surface area contributed by atoms with E-state index in [1.807, 2.05) is 23.9 Å². The molecule has 1 atom stereocenters. The van der Waals surface area contributed by atoms with Crippen molar-refractivity contribution < 1.29 is 14.3 Å². The Labute approximate surface area is 145 Å². The van der Waals surface area contributed by atoms with Gasteiger partial charge in [0.05, 0.1) is 5.92 Å². The minimum absolute atomic E-state index is 0.132. The molecule has 6 heteroatoms. The van der Waals surface area contributed by atoms with Crippen LogP contribution in [0, 0.1) is 11.3 Å². The summed E-state index contributed by atoms with van der Waals surface area (Å²) in [4.78, 5) is 31.1. The molecule has 3 rings (SSSR count). The lowest BCUT2D eigenvalue weighted by Gasteiger charge is -2.45. The average Bonchev–Trinajstić information content (AvgIpc) is 2.94. The smallest absolute Gasteiger partial charge is 0.228 e. The van der Waals surface area contributed by atoms with Crippen molar-refractivity contribution in [2.24, 2.45) is 11.3 Å². The fraction of sp³-hybridized carbons (Fsp3) is 0.889. The minimum atomic E-state index is -0.144. The predicted octanol–water partition coefficient (Wildman–Crippen LogP) is 0.816. The molecule has 1 spiro atoms. The molecule has 0 N–H and O–H groups in total. The van der Waals surface area contributed by atoms with Crippen molar-refractivity contribution in [3.8, 4) is 0 Å². The summed E-state index contributed by atoms with van der Waals surface area (Å²) in [5, 5.41) is 0. The van der Waals surface area contributed by atoms with Gasteiger partial charge in [0.15, 0.2) is 0 Å². The standard InChI is InChI=1S/C18H31N3O3/c1-19(2)8-9-20-13-15(12-16(20)22)17(23)21-7-3-4-18(14-21)5-10-24-11-6-18/h15H,3-14H2,1-2H3/t15-/m0/s1. The second-order valence-electron chi connectivity index (χ2n) is 8.02. The molecule has 0 unspecified atom stereocenters. The lowest BCUT2D eigenvalue weighted by Crippen LogP contribution is -2.50. The first kappa shape index (κ1) is 17.7. The number of hydrogen-bond donors (Lipinski definition) is 0. The number of carbonyl (C=O) groups is 2. The quantitative estimate of drug-likeness (QED) is 0.762. The summed E-state index contributed by atoms with van der Waals surface area (Å²) in [5.41, 5.74) is 0.263. The Morgan fingerprint density at radius 1 is 1.29 bits per heavy atom. The molecule has 3 aliphatic heterocycles. The van der Waals surface area contributed by atoms with Crippen molar-refractivity contribution in [2.75, 3.05) is 60.0 Å². The molecule has 0 radical (unpaired) electrons. The van der Waals surface area contributed by atoms with Gasteiger partial charge in [-0.15, -0.1) is 0 Å². The number of ether oxygens (including phenoxy) is 1. The van der Waals surface area contributed by atoms with Crippen LogP contribution in [0.5, 0.6) is 0 Å². The van der Waals surface area contributed by atoms with Gasteiger partial charge in [0.1, 0.15) is 0 Å². The summed E-state index contributed by atoms with van der Waals surface area (Å²) in [6, 6.07) is 0. The molecule has 3 saturated heterocycles. The van der Waals surface area contributed by atoms with Crippen LogP contribution in [0.4, 0.5) is 0 Å². The molecular weight excluding hydrogens is 306 g/mol. The van der Waals surface area contributed by atoms with Gasteiger partial charge in [-0.3, -0.25) is 9.59 Å². The van der Waals surface area contributed by atoms with Crippen LogP contribution in [0.1, 0.15) is 32.1 Å². The molecule has 3 aliphatic rings. The Balaban J connectivity index is 1.57. The largest absolute Gasteiger partial charge is 0.381 e. The topological polar surface area (TPSA) is 53.1 Å². The normalized spacial score (nSPS) is 27.3. The van der Waals surface area contributed by atoms with Crippen LogP contribution in [-0.2, 0) is 14.3 Å². The molecule has 3 heterocycles. The van der Waals surface area contributed by atoms with E-state index in [0.29, 0.717) is 13.0 Å². The Hall–Kier alpha value is -1.14. The first-order valence-electron chi connectivity index (χ1n) is 9.28. The number of likely N-dealkylation sites (tertiary alicyclic amines) is 2. The number of hydrogen-bond acceptors (Lipinski definition) is 4. The molecule has 2 amide bonds. The molecular formula is C18H31N3O3. The van der Waals surface area contributed by atoms with Gasteiger partial charge in [0.2, 0.25) is 11.8 Å². The summed E-state index contributed by atoms with van der Waals surface area (Å²) in [7, 11) is 4.01. The van der Waals surface area contributed by atoms with Gasteiger partial charge >= 0.3 is 0 Å². The van der Waals surface area contributed by atoms with Gasteiger partial charge in [-0.25, -0.2) is 0 Å². The maximum absolute atomic E-state index is 13.0. The summed E-state index contributed by atoms with van der Waals surface area (Å²) in [6.07, 6.45) is 4.80. The molecule has 0 aromatic rings. The molecule has 0 bridgehead atoms. The summed E-state index contributed by atoms with van der Waals surface area (Å²) in [5.74, 6) is 0.184. The molecule has 0 saturated carbocycles. The van der Waals surface area contributed by atoms with Crippen molar-refractivity contribution in [3.05, 3.63) is 0 Å². The number of likely N-dealkylation sites (N-methyl/N-ethyl adjacent to an activating group) is 1. The van der Waals surface area contributed by atoms with Crippen molar-refractivity contribution in [3.63, 3.8) is 0 Å². The van der Waals surface area contributed by atoms with Crippen LogP contribution in [0.25, 0.3) is 0 Å². The molecule has 0 aromatic heterocycles. The lowest BCUT2D eigenvalue weighted by atomic mass is 9.73. The maximum atomic E-state index is 13.0. The van der Waals surface area contributed by atoms with Gasteiger partial charge in [-0.1, -0.05) is 0 Å². The number of nitrogens with zero attached hydrogens (tertiary/aromatic N) is 3. The Morgan fingerprint density at radius 2 is 2.04 bits per heavy atom. The number of amides is 2. The fourth-order valence-corrected chi connectivity index (χ4v) is 4.34. The summed E-state index contributed by atoms with van der Waals surface area (Å²) < 4.78 is 5.51. The third-order valence-electron chi connectivity index (χ3n) is 5.91. The van der Waals surface area contributed by atoms with E-state index in [0.717, 1.165) is 58.7 Å². The summed E-state index contributed by atoms with van der Waals surface area (Å²) in [6.45, 7) is 5.51. The molecule has 6 nitrogen and oxygen atoms in total. The van der Waals surface area contributed by atoms with Crippen LogP contribution in [0.15, 0.2) is 0 Å². The second kappa shape index (κ2) is 7.40. The molecule has 24 heavy (non-hydrogen) atoms. The molecule has 3 fully saturated rings. The average molecular weight is 337 g/mol. The third-order valence-corrected chi connectivity index (χ3v) is 5.91. The van der Waals surface area contributed by atoms with Gasteiger partial charge in [0.25, 0.3) is 0 Å². The number of rotatable bonds is 4. The zero-order valence-corrected chi connectivity index (χ0v) is 15.1. The van der Waals surface area contributed by atoms with E-state index in [-0.39, 0.29) is 23.1 Å². The first-order valence-corrected chi connectivity index (χ1v) is 9.28. The predicted molar refractivity (Wildman–Crippen MR) is 91.5 cm³/mol. The van der Waals surface area contributed by atoms with E-state index in [4.69, 9.17) is 4.74 Å². The van der Waals surface area contributed by atoms with Crippen molar-refractivity contribution in [2.45, 2.75) is 32.1 Å². The third kappa shape index (κ3) is 3.91. The summed E-state index contributed by atoms with van der Waals surface area (Å²) >= 11 is 0. The molecule has 0 aliphatic carbocycles. The van der Waals surface area contributed by atoms with Crippen molar-refractivity contribution in [1.82, 2.24) is 14.7 Å². The Kier molecular flexibility index (Phi) is 5.45. The van der Waals surface area contributed by atoms with Crippen LogP contribution in [0.3, 0.4) is 0 Å². The zero-order chi connectivity index (χ0) is 17.2. The number of piperidine rings is 1. The Bertz CT molecular complexity index is 469. The van der Waals surface area contributed by atoms with E-state index < -0.39 is 0 Å². The SMILES string of the molecule is CN(C)CCN1C[C@@H](C(=O)N2CCCC3(CCOCC3)C2)CC1=O. The van der Waals surface area contributed by atoms with E-state index in [2.05, 4.69) is 4.90 Å². The highest BCUT2D eigenvalue weighted by Gasteiger charge is 2.42. The highest BCUT2D eigenvalue weighted by molar-refractivity contribution is 5.89. The second-order valence-corrected chi connectivity index (χ2v) is 8.02. The lowest BCUT2D eigenvalue weighted by molar-refractivity contribution is -0.141. The van der Waals surface area contributed by atoms with Crippen LogP contribution >= 0.6 is 0 Å². The zero-order valence-electron chi connectivity index (χ0n) is 15.1. The van der Waals surface area contributed by atoms with Gasteiger partial charge < -0.3 is 19.4 Å². The van der Waals surface area contributed by atoms with Crippen LogP contribution in [-0.4, -0.2) is 86.5 Å². The fourth-order valence-electron chi connectivity index (χ4n) is 4.34. The molecule has 0 aromatic carbocycles. The van der Waals surface area contributed by atoms with E-state index in [1.165, 1.54) is 6.42 Å². The monoisotopic (exact) mass is 337 g/mol. The van der Waals surface area contributed by atoms with Gasteiger partial charge in [-0.2, -0.15) is 0 Å². The van der Waals surface area contributed by atoms with Crippen LogP contribution in [0.2, 0.25) is 0 Å². The maximum Gasteiger partial charge on any atom is 0.228 e. The van der Waals surface area contributed by atoms with E-state index in [9.17, 15) is 9.59 Å².